The summed E-state index contributed by atoms with van der Waals surface area (Å²) in [7, 11) is 0. The zero-order valence-electron chi connectivity index (χ0n) is 8.28. The van der Waals surface area contributed by atoms with Crippen molar-refractivity contribution >= 4 is 39.1 Å². The van der Waals surface area contributed by atoms with Crippen molar-refractivity contribution in [2.24, 2.45) is 5.92 Å². The minimum Gasteiger partial charge on any atom is -0.122 e. The Bertz CT molecular complexity index is 298. The molecule has 0 aliphatic heterocycles. The molecule has 0 saturated carbocycles. The van der Waals surface area contributed by atoms with Crippen LogP contribution in [0.3, 0.4) is 0 Å². The second-order valence-electron chi connectivity index (χ2n) is 3.77. The van der Waals surface area contributed by atoms with Gasteiger partial charge >= 0.3 is 0 Å². The summed E-state index contributed by atoms with van der Waals surface area (Å²) >= 11 is 15.4. The molecule has 0 fully saturated rings. The highest BCUT2D eigenvalue weighted by Crippen LogP contribution is 2.29. The van der Waals surface area contributed by atoms with Gasteiger partial charge in [0.05, 0.1) is 0 Å². The third-order valence-corrected chi connectivity index (χ3v) is 3.32. The number of hydrogen-bond acceptors (Lipinski definition) is 0. The highest BCUT2D eigenvalue weighted by atomic mass is 79.9. The number of halogens is 3. The van der Waals surface area contributed by atoms with E-state index in [1.807, 2.05) is 12.1 Å². The van der Waals surface area contributed by atoms with Crippen molar-refractivity contribution in [2.45, 2.75) is 26.1 Å². The summed E-state index contributed by atoms with van der Waals surface area (Å²) in [4.78, 5) is 0. The molecule has 0 aliphatic carbocycles. The molecule has 1 rings (SSSR count). The molecular weight excluding hydrogens is 283 g/mol. The SMILES string of the molecule is CC(C)Cc1c(Cl)cc(CCl)cc1Br. The zero-order valence-corrected chi connectivity index (χ0v) is 11.4. The summed E-state index contributed by atoms with van der Waals surface area (Å²) in [5.74, 6) is 1.10. The van der Waals surface area contributed by atoms with Gasteiger partial charge in [-0.2, -0.15) is 0 Å². The van der Waals surface area contributed by atoms with E-state index < -0.39 is 0 Å². The Morgan fingerprint density at radius 3 is 2.43 bits per heavy atom. The fraction of sp³-hybridized carbons (Fsp3) is 0.455. The van der Waals surface area contributed by atoms with Crippen molar-refractivity contribution < 1.29 is 0 Å². The first-order valence-electron chi connectivity index (χ1n) is 4.57. The lowest BCUT2D eigenvalue weighted by atomic mass is 10.0. The Labute approximate surface area is 104 Å². The fourth-order valence-corrected chi connectivity index (χ4v) is 2.59. The molecule has 0 aromatic heterocycles. The molecule has 0 nitrogen and oxygen atoms in total. The van der Waals surface area contributed by atoms with Crippen LogP contribution in [0, 0.1) is 5.92 Å². The van der Waals surface area contributed by atoms with Crippen molar-refractivity contribution in [1.29, 1.82) is 0 Å². The second kappa shape index (κ2) is 5.39. The van der Waals surface area contributed by atoms with Crippen LogP contribution in [0.4, 0.5) is 0 Å². The van der Waals surface area contributed by atoms with Crippen LogP contribution in [0.5, 0.6) is 0 Å². The minimum absolute atomic E-state index is 0.500. The number of benzene rings is 1. The predicted molar refractivity (Wildman–Crippen MR) is 67.3 cm³/mol. The first-order chi connectivity index (χ1) is 6.54. The van der Waals surface area contributed by atoms with Gasteiger partial charge in [0.2, 0.25) is 0 Å². The molecule has 3 heteroatoms. The largest absolute Gasteiger partial charge is 0.122 e. The highest BCUT2D eigenvalue weighted by Gasteiger charge is 2.09. The lowest BCUT2D eigenvalue weighted by Crippen LogP contribution is -1.97. The minimum atomic E-state index is 0.500. The van der Waals surface area contributed by atoms with Gasteiger partial charge in [-0.05, 0) is 35.6 Å². The number of rotatable bonds is 3. The molecule has 0 radical (unpaired) electrons. The first-order valence-corrected chi connectivity index (χ1v) is 6.28. The van der Waals surface area contributed by atoms with Crippen molar-refractivity contribution in [2.75, 3.05) is 0 Å². The van der Waals surface area contributed by atoms with Gasteiger partial charge in [-0.1, -0.05) is 41.4 Å². The van der Waals surface area contributed by atoms with Crippen molar-refractivity contribution in [1.82, 2.24) is 0 Å². The van der Waals surface area contributed by atoms with Crippen LogP contribution in [0.15, 0.2) is 16.6 Å². The van der Waals surface area contributed by atoms with E-state index in [1.165, 1.54) is 5.56 Å². The summed E-state index contributed by atoms with van der Waals surface area (Å²) in [6, 6.07) is 3.98. The van der Waals surface area contributed by atoms with Gasteiger partial charge in [-0.25, -0.2) is 0 Å². The van der Waals surface area contributed by atoms with E-state index in [1.54, 1.807) is 0 Å². The lowest BCUT2D eigenvalue weighted by molar-refractivity contribution is 0.645. The normalized spacial score (nSPS) is 11.0. The topological polar surface area (TPSA) is 0 Å². The van der Waals surface area contributed by atoms with Gasteiger partial charge in [0.25, 0.3) is 0 Å². The summed E-state index contributed by atoms with van der Waals surface area (Å²) in [6.45, 7) is 4.36. The van der Waals surface area contributed by atoms with E-state index in [0.717, 1.165) is 21.5 Å². The van der Waals surface area contributed by atoms with E-state index in [4.69, 9.17) is 23.2 Å². The molecule has 1 aromatic rings. The van der Waals surface area contributed by atoms with Crippen LogP contribution < -0.4 is 0 Å². The Kier molecular flexibility index (Phi) is 4.75. The molecule has 0 N–H and O–H groups in total. The maximum absolute atomic E-state index is 6.17. The van der Waals surface area contributed by atoms with Crippen LogP contribution in [0.25, 0.3) is 0 Å². The van der Waals surface area contributed by atoms with Crippen molar-refractivity contribution in [3.05, 3.63) is 32.8 Å². The quantitative estimate of drug-likeness (QED) is 0.685. The van der Waals surface area contributed by atoms with Crippen molar-refractivity contribution in [3.63, 3.8) is 0 Å². The van der Waals surface area contributed by atoms with E-state index in [2.05, 4.69) is 29.8 Å². The molecule has 0 saturated heterocycles. The van der Waals surface area contributed by atoms with Crippen molar-refractivity contribution in [3.8, 4) is 0 Å². The highest BCUT2D eigenvalue weighted by molar-refractivity contribution is 9.10. The van der Waals surface area contributed by atoms with Gasteiger partial charge in [0.15, 0.2) is 0 Å². The van der Waals surface area contributed by atoms with E-state index in [0.29, 0.717) is 11.8 Å². The lowest BCUT2D eigenvalue weighted by Gasteiger charge is -2.11. The molecule has 0 heterocycles. The smallest absolute Gasteiger partial charge is 0.0474 e. The average Bonchev–Trinajstić information content (AvgIpc) is 2.10. The summed E-state index contributed by atoms with van der Waals surface area (Å²) in [5, 5.41) is 0.809. The molecule has 78 valence electrons. The van der Waals surface area contributed by atoms with Crippen LogP contribution in [0.1, 0.15) is 25.0 Å². The second-order valence-corrected chi connectivity index (χ2v) is 5.30. The van der Waals surface area contributed by atoms with Crippen LogP contribution >= 0.6 is 39.1 Å². The molecule has 1 aromatic carbocycles. The monoisotopic (exact) mass is 294 g/mol. The number of hydrogen-bond donors (Lipinski definition) is 0. The molecule has 0 amide bonds. The third-order valence-electron chi connectivity index (χ3n) is 1.97. The van der Waals surface area contributed by atoms with Crippen LogP contribution in [0.2, 0.25) is 5.02 Å². The average molecular weight is 296 g/mol. The predicted octanol–water partition coefficient (Wildman–Crippen LogP) is 5.04. The Balaban J connectivity index is 3.05. The van der Waals surface area contributed by atoms with E-state index >= 15 is 0 Å². The summed E-state index contributed by atoms with van der Waals surface area (Å²) in [5.41, 5.74) is 2.23. The molecule has 0 atom stereocenters. The molecule has 0 spiro atoms. The summed E-state index contributed by atoms with van der Waals surface area (Å²) in [6.07, 6.45) is 0.988. The zero-order chi connectivity index (χ0) is 10.7. The molecule has 0 unspecified atom stereocenters. The summed E-state index contributed by atoms with van der Waals surface area (Å²) < 4.78 is 1.06. The maximum atomic E-state index is 6.17. The fourth-order valence-electron chi connectivity index (χ4n) is 1.34. The van der Waals surface area contributed by atoms with E-state index in [-0.39, 0.29) is 0 Å². The Morgan fingerprint density at radius 1 is 1.36 bits per heavy atom. The van der Waals surface area contributed by atoms with Gasteiger partial charge in [-0.15, -0.1) is 11.6 Å². The molecule has 0 bridgehead atoms. The molecule has 14 heavy (non-hydrogen) atoms. The van der Waals surface area contributed by atoms with Gasteiger partial charge in [-0.3, -0.25) is 0 Å². The standard InChI is InChI=1S/C11H13BrCl2/c1-7(2)3-9-10(12)4-8(6-13)5-11(9)14/h4-5,7H,3,6H2,1-2H3. The Morgan fingerprint density at radius 2 is 2.00 bits per heavy atom. The molecular formula is C11H13BrCl2. The number of alkyl halides is 1. The first kappa shape index (κ1) is 12.4. The van der Waals surface area contributed by atoms with Gasteiger partial charge in [0, 0.05) is 15.4 Å². The van der Waals surface area contributed by atoms with Crippen LogP contribution in [-0.2, 0) is 12.3 Å². The maximum Gasteiger partial charge on any atom is 0.0474 e. The van der Waals surface area contributed by atoms with Gasteiger partial charge < -0.3 is 0 Å². The third kappa shape index (κ3) is 3.15. The van der Waals surface area contributed by atoms with E-state index in [9.17, 15) is 0 Å². The Hall–Kier alpha value is 0.280. The van der Waals surface area contributed by atoms with Gasteiger partial charge in [0.1, 0.15) is 0 Å². The molecule has 0 aliphatic rings. The van der Waals surface area contributed by atoms with Crippen LogP contribution in [-0.4, -0.2) is 0 Å².